The second kappa shape index (κ2) is 8.74. The van der Waals surface area contributed by atoms with Crippen LogP contribution in [-0.2, 0) is 17.8 Å². The van der Waals surface area contributed by atoms with E-state index in [1.54, 1.807) is 0 Å². The number of carbonyl (C=O) groups is 1. The molecular formula is C25H25N5O3. The number of rotatable bonds is 5. The Morgan fingerprint density at radius 2 is 1.73 bits per heavy atom. The molecule has 168 valence electrons. The number of benzene rings is 2. The van der Waals surface area contributed by atoms with Gasteiger partial charge in [-0.25, -0.2) is 4.79 Å². The molecule has 4 aromatic rings. The Morgan fingerprint density at radius 1 is 1.06 bits per heavy atom. The Kier molecular flexibility index (Phi) is 5.83. The van der Waals surface area contributed by atoms with Crippen molar-refractivity contribution in [3.8, 4) is 0 Å². The number of hydrogen-bond acceptors (Lipinski definition) is 5. The van der Waals surface area contributed by atoms with Gasteiger partial charge in [-0.05, 0) is 36.6 Å². The van der Waals surface area contributed by atoms with Crippen molar-refractivity contribution in [1.29, 1.82) is 0 Å². The first-order valence-corrected chi connectivity index (χ1v) is 10.6. The van der Waals surface area contributed by atoms with E-state index >= 15 is 0 Å². The summed E-state index contributed by atoms with van der Waals surface area (Å²) in [5, 5.41) is 0.974. The van der Waals surface area contributed by atoms with Crippen LogP contribution >= 0.6 is 0 Å². The summed E-state index contributed by atoms with van der Waals surface area (Å²) in [7, 11) is 1.49. The van der Waals surface area contributed by atoms with Crippen LogP contribution in [0.25, 0.3) is 10.9 Å². The molecule has 0 fully saturated rings. The molecule has 2 heterocycles. The summed E-state index contributed by atoms with van der Waals surface area (Å²) in [4.78, 5) is 46.4. The number of carbonyl (C=O) groups excluding carboxylic acids is 1. The highest BCUT2D eigenvalue weighted by molar-refractivity contribution is 5.97. The van der Waals surface area contributed by atoms with E-state index < -0.39 is 11.2 Å². The summed E-state index contributed by atoms with van der Waals surface area (Å²) < 4.78 is 1.25. The van der Waals surface area contributed by atoms with E-state index in [1.807, 2.05) is 68.4 Å². The van der Waals surface area contributed by atoms with Crippen molar-refractivity contribution in [3.05, 3.63) is 97.8 Å². The van der Waals surface area contributed by atoms with E-state index in [0.29, 0.717) is 0 Å². The van der Waals surface area contributed by atoms with Gasteiger partial charge >= 0.3 is 5.69 Å². The third-order valence-corrected chi connectivity index (χ3v) is 5.92. The van der Waals surface area contributed by atoms with Gasteiger partial charge in [-0.2, -0.15) is 0 Å². The number of H-pyrrole nitrogens is 1. The average Bonchev–Trinajstić information content (AvgIpc) is 2.79. The van der Waals surface area contributed by atoms with Crippen LogP contribution in [0.1, 0.15) is 22.4 Å². The van der Waals surface area contributed by atoms with Crippen molar-refractivity contribution in [2.45, 2.75) is 26.8 Å². The standard InChI is InChI=1S/C25H25N5O3/c1-15-18-11-7-8-12-20(18)27-16(2)19(15)13-21(31)29(3)22-23(26)30(25(33)28-24(22)32)14-17-9-5-4-6-10-17/h4-12H,13-14,26H2,1-3H3,(H,28,32,33). The molecule has 0 radical (unpaired) electrons. The highest BCUT2D eigenvalue weighted by Gasteiger charge is 2.23. The number of hydrogen-bond donors (Lipinski definition) is 2. The van der Waals surface area contributed by atoms with E-state index in [2.05, 4.69) is 9.97 Å². The molecule has 0 spiro atoms. The molecule has 0 bridgehead atoms. The van der Waals surface area contributed by atoms with Crippen LogP contribution in [0.5, 0.6) is 0 Å². The first-order valence-electron chi connectivity index (χ1n) is 10.6. The SMILES string of the molecule is Cc1nc2ccccc2c(C)c1CC(=O)N(C)c1c(N)n(Cc2ccccc2)c(=O)[nH]c1=O. The molecule has 2 aromatic carbocycles. The van der Waals surface area contributed by atoms with Crippen LogP contribution in [0.4, 0.5) is 11.5 Å². The Morgan fingerprint density at radius 3 is 2.45 bits per heavy atom. The minimum Gasteiger partial charge on any atom is -0.383 e. The number of para-hydroxylation sites is 1. The topological polar surface area (TPSA) is 114 Å². The number of nitrogens with one attached hydrogen (secondary N) is 1. The lowest BCUT2D eigenvalue weighted by atomic mass is 9.99. The number of amides is 1. The maximum absolute atomic E-state index is 13.2. The average molecular weight is 444 g/mol. The zero-order chi connectivity index (χ0) is 23.7. The number of aromatic nitrogens is 3. The van der Waals surface area contributed by atoms with Gasteiger partial charge in [-0.15, -0.1) is 0 Å². The highest BCUT2D eigenvalue weighted by Crippen LogP contribution is 2.24. The maximum atomic E-state index is 13.2. The van der Waals surface area contributed by atoms with Crippen LogP contribution in [0.3, 0.4) is 0 Å². The number of fused-ring (bicyclic) bond motifs is 1. The van der Waals surface area contributed by atoms with E-state index in [4.69, 9.17) is 5.73 Å². The van der Waals surface area contributed by atoms with Crippen molar-refractivity contribution in [3.63, 3.8) is 0 Å². The first-order chi connectivity index (χ1) is 15.8. The van der Waals surface area contributed by atoms with Gasteiger partial charge in [0.15, 0.2) is 5.69 Å². The van der Waals surface area contributed by atoms with Crippen LogP contribution in [0, 0.1) is 13.8 Å². The lowest BCUT2D eigenvalue weighted by Crippen LogP contribution is -2.40. The summed E-state index contributed by atoms with van der Waals surface area (Å²) in [6, 6.07) is 17.0. The third-order valence-electron chi connectivity index (χ3n) is 5.92. The summed E-state index contributed by atoms with van der Waals surface area (Å²) in [5.41, 5.74) is 9.08. The molecule has 0 atom stereocenters. The molecule has 0 aliphatic rings. The number of nitrogen functional groups attached to an aromatic ring is 1. The van der Waals surface area contributed by atoms with Crippen molar-refractivity contribution in [2.24, 2.45) is 0 Å². The van der Waals surface area contributed by atoms with E-state index in [9.17, 15) is 14.4 Å². The predicted octanol–water partition coefficient (Wildman–Crippen LogP) is 2.54. The fraction of sp³-hybridized carbons (Fsp3) is 0.200. The molecule has 0 saturated carbocycles. The fourth-order valence-corrected chi connectivity index (χ4v) is 4.05. The lowest BCUT2D eigenvalue weighted by molar-refractivity contribution is -0.117. The molecule has 0 saturated heterocycles. The summed E-state index contributed by atoms with van der Waals surface area (Å²) in [6.07, 6.45) is 0.0443. The molecule has 8 nitrogen and oxygen atoms in total. The van der Waals surface area contributed by atoms with Crippen molar-refractivity contribution < 1.29 is 4.79 Å². The molecule has 2 aromatic heterocycles. The smallest absolute Gasteiger partial charge is 0.330 e. The van der Waals surface area contributed by atoms with Crippen LogP contribution in [0.2, 0.25) is 0 Å². The third kappa shape index (κ3) is 4.15. The van der Waals surface area contributed by atoms with Gasteiger partial charge in [0.05, 0.1) is 18.5 Å². The number of nitrogens with zero attached hydrogens (tertiary/aromatic N) is 3. The largest absolute Gasteiger partial charge is 0.383 e. The fourth-order valence-electron chi connectivity index (χ4n) is 4.05. The second-order valence-electron chi connectivity index (χ2n) is 8.01. The second-order valence-corrected chi connectivity index (χ2v) is 8.01. The van der Waals surface area contributed by atoms with E-state index in [0.717, 1.165) is 33.3 Å². The lowest BCUT2D eigenvalue weighted by Gasteiger charge is -2.21. The maximum Gasteiger partial charge on any atom is 0.330 e. The zero-order valence-corrected chi connectivity index (χ0v) is 18.8. The molecule has 0 aliphatic heterocycles. The number of aromatic amines is 1. The van der Waals surface area contributed by atoms with Gasteiger partial charge in [0.25, 0.3) is 5.56 Å². The Balaban J connectivity index is 1.70. The number of anilines is 2. The van der Waals surface area contributed by atoms with Gasteiger partial charge in [-0.3, -0.25) is 24.1 Å². The van der Waals surface area contributed by atoms with E-state index in [1.165, 1.54) is 16.5 Å². The molecule has 4 rings (SSSR count). The normalized spacial score (nSPS) is 11.0. The quantitative estimate of drug-likeness (QED) is 0.492. The predicted molar refractivity (Wildman–Crippen MR) is 130 cm³/mol. The Bertz CT molecular complexity index is 1470. The van der Waals surface area contributed by atoms with Crippen LogP contribution in [0.15, 0.2) is 64.2 Å². The van der Waals surface area contributed by atoms with Crippen molar-refractivity contribution >= 4 is 28.3 Å². The summed E-state index contributed by atoms with van der Waals surface area (Å²) >= 11 is 0. The van der Waals surface area contributed by atoms with Gasteiger partial charge < -0.3 is 10.6 Å². The van der Waals surface area contributed by atoms with Gasteiger partial charge in [0.1, 0.15) is 5.82 Å². The molecule has 0 unspecified atom stereocenters. The monoisotopic (exact) mass is 443 g/mol. The Labute approximate surface area is 190 Å². The Hall–Kier alpha value is -4.20. The minimum absolute atomic E-state index is 0.0443. The summed E-state index contributed by atoms with van der Waals surface area (Å²) in [6.45, 7) is 3.99. The number of nitrogens with two attached hydrogens (primary N) is 1. The zero-order valence-electron chi connectivity index (χ0n) is 18.8. The first kappa shape index (κ1) is 22.0. The molecule has 33 heavy (non-hydrogen) atoms. The number of pyridine rings is 1. The van der Waals surface area contributed by atoms with Crippen molar-refractivity contribution in [1.82, 2.24) is 14.5 Å². The summed E-state index contributed by atoms with van der Waals surface area (Å²) in [5.74, 6) is -0.395. The van der Waals surface area contributed by atoms with Crippen LogP contribution in [-0.4, -0.2) is 27.5 Å². The minimum atomic E-state index is -0.706. The molecule has 1 amide bonds. The number of likely N-dealkylation sites (N-methyl/N-ethyl adjacent to an activating group) is 1. The van der Waals surface area contributed by atoms with Gasteiger partial charge in [0.2, 0.25) is 5.91 Å². The van der Waals surface area contributed by atoms with Crippen molar-refractivity contribution in [2.75, 3.05) is 17.7 Å². The highest BCUT2D eigenvalue weighted by atomic mass is 16.2. The number of aryl methyl sites for hydroxylation is 2. The molecule has 3 N–H and O–H groups in total. The molecule has 0 aliphatic carbocycles. The molecule has 8 heteroatoms. The molecular weight excluding hydrogens is 418 g/mol. The van der Waals surface area contributed by atoms with Gasteiger partial charge in [-0.1, -0.05) is 48.5 Å². The van der Waals surface area contributed by atoms with Crippen LogP contribution < -0.4 is 21.9 Å². The van der Waals surface area contributed by atoms with Gasteiger partial charge in [0, 0.05) is 18.1 Å². The van der Waals surface area contributed by atoms with E-state index in [-0.39, 0.29) is 30.4 Å².